The van der Waals surface area contributed by atoms with Gasteiger partial charge in [0, 0.05) is 19.6 Å². The highest BCUT2D eigenvalue weighted by atomic mass is 16.5. The van der Waals surface area contributed by atoms with Crippen molar-refractivity contribution in [2.24, 2.45) is 0 Å². The van der Waals surface area contributed by atoms with Crippen molar-refractivity contribution in [3.63, 3.8) is 0 Å². The summed E-state index contributed by atoms with van der Waals surface area (Å²) in [4.78, 5) is 14.5. The van der Waals surface area contributed by atoms with E-state index < -0.39 is 0 Å². The lowest BCUT2D eigenvalue weighted by Crippen LogP contribution is -2.36. The van der Waals surface area contributed by atoms with Crippen molar-refractivity contribution in [2.45, 2.75) is 13.5 Å². The Kier molecular flexibility index (Phi) is 5.43. The number of morpholine rings is 1. The van der Waals surface area contributed by atoms with Gasteiger partial charge in [-0.05, 0) is 24.6 Å². The average Bonchev–Trinajstić information content (AvgIpc) is 3.07. The third kappa shape index (κ3) is 3.80. The third-order valence-corrected chi connectivity index (χ3v) is 4.85. The molecule has 1 aromatic heterocycles. The molecule has 0 atom stereocenters. The van der Waals surface area contributed by atoms with Gasteiger partial charge in [-0.25, -0.2) is 4.79 Å². The normalized spacial score (nSPS) is 14.2. The van der Waals surface area contributed by atoms with Gasteiger partial charge in [-0.2, -0.15) is 5.10 Å². The molecule has 7 heteroatoms. The number of benzene rings is 2. The molecular weight excluding hydrogens is 354 g/mol. The van der Waals surface area contributed by atoms with E-state index in [4.69, 9.17) is 9.84 Å². The number of aromatic nitrogens is 2. The van der Waals surface area contributed by atoms with Crippen LogP contribution in [0.3, 0.4) is 0 Å². The van der Waals surface area contributed by atoms with Crippen molar-refractivity contribution in [3.8, 4) is 0 Å². The highest BCUT2D eigenvalue weighted by molar-refractivity contribution is 6.05. The highest BCUT2D eigenvalue weighted by Gasteiger charge is 2.21. The van der Waals surface area contributed by atoms with Gasteiger partial charge in [-0.3, -0.25) is 10.00 Å². The van der Waals surface area contributed by atoms with Gasteiger partial charge in [0.25, 0.3) is 0 Å². The summed E-state index contributed by atoms with van der Waals surface area (Å²) in [6.07, 6.45) is 0. The SMILES string of the molecule is CCNC(=O)Nc1nn(Cc2ccccc2)c2cccc(N3CCOCC3)c12. The molecule has 0 bridgehead atoms. The zero-order valence-electron chi connectivity index (χ0n) is 16.0. The second kappa shape index (κ2) is 8.31. The molecule has 146 valence electrons. The van der Waals surface area contributed by atoms with E-state index in [-0.39, 0.29) is 6.03 Å². The fraction of sp³-hybridized carbons (Fsp3) is 0.333. The molecule has 2 aromatic carbocycles. The van der Waals surface area contributed by atoms with Gasteiger partial charge in [0.15, 0.2) is 5.82 Å². The van der Waals surface area contributed by atoms with Crippen LogP contribution < -0.4 is 15.5 Å². The number of urea groups is 1. The number of hydrogen-bond donors (Lipinski definition) is 2. The average molecular weight is 379 g/mol. The summed E-state index contributed by atoms with van der Waals surface area (Å²) in [6, 6.07) is 16.2. The predicted molar refractivity (Wildman–Crippen MR) is 111 cm³/mol. The number of fused-ring (bicyclic) bond motifs is 1. The van der Waals surface area contributed by atoms with Crippen molar-refractivity contribution in [1.82, 2.24) is 15.1 Å². The Hall–Kier alpha value is -3.06. The van der Waals surface area contributed by atoms with E-state index >= 15 is 0 Å². The van der Waals surface area contributed by atoms with E-state index in [1.165, 1.54) is 0 Å². The molecule has 1 aliphatic heterocycles. The summed E-state index contributed by atoms with van der Waals surface area (Å²) >= 11 is 0. The Labute approximate surface area is 164 Å². The minimum atomic E-state index is -0.245. The lowest BCUT2D eigenvalue weighted by atomic mass is 10.1. The van der Waals surface area contributed by atoms with Gasteiger partial charge in [-0.15, -0.1) is 0 Å². The summed E-state index contributed by atoms with van der Waals surface area (Å²) in [6.45, 7) is 6.14. The fourth-order valence-corrected chi connectivity index (χ4v) is 3.56. The number of anilines is 2. The first-order chi connectivity index (χ1) is 13.8. The predicted octanol–water partition coefficient (Wildman–Crippen LogP) is 3.06. The molecule has 0 saturated carbocycles. The van der Waals surface area contributed by atoms with Crippen LogP contribution in [0.1, 0.15) is 12.5 Å². The van der Waals surface area contributed by atoms with Crippen LogP contribution in [0, 0.1) is 0 Å². The molecule has 2 heterocycles. The summed E-state index contributed by atoms with van der Waals surface area (Å²) < 4.78 is 7.46. The molecule has 28 heavy (non-hydrogen) atoms. The summed E-state index contributed by atoms with van der Waals surface area (Å²) in [5.41, 5.74) is 3.24. The van der Waals surface area contributed by atoms with Gasteiger partial charge in [0.2, 0.25) is 0 Å². The first-order valence-electron chi connectivity index (χ1n) is 9.67. The molecule has 0 spiro atoms. The van der Waals surface area contributed by atoms with Crippen LogP contribution in [0.4, 0.5) is 16.3 Å². The third-order valence-electron chi connectivity index (χ3n) is 4.85. The Morgan fingerprint density at radius 2 is 1.89 bits per heavy atom. The molecule has 2 amide bonds. The van der Waals surface area contributed by atoms with Crippen LogP contribution in [0.2, 0.25) is 0 Å². The molecule has 0 unspecified atom stereocenters. The number of carbonyl (C=O) groups is 1. The monoisotopic (exact) mass is 379 g/mol. The molecule has 1 fully saturated rings. The van der Waals surface area contributed by atoms with Crippen LogP contribution in [-0.4, -0.2) is 48.7 Å². The van der Waals surface area contributed by atoms with Gasteiger partial charge in [0.05, 0.1) is 36.3 Å². The van der Waals surface area contributed by atoms with Crippen molar-refractivity contribution in [1.29, 1.82) is 0 Å². The lowest BCUT2D eigenvalue weighted by molar-refractivity contribution is 0.123. The number of nitrogens with zero attached hydrogens (tertiary/aromatic N) is 3. The van der Waals surface area contributed by atoms with Gasteiger partial charge in [-0.1, -0.05) is 36.4 Å². The van der Waals surface area contributed by atoms with Crippen LogP contribution in [0.25, 0.3) is 10.9 Å². The zero-order chi connectivity index (χ0) is 19.3. The van der Waals surface area contributed by atoms with E-state index in [1.807, 2.05) is 35.9 Å². The Morgan fingerprint density at radius 3 is 2.64 bits per heavy atom. The standard InChI is InChI=1S/C21H25N5O2/c1-2-22-21(27)23-20-19-17(25-11-13-28-14-12-25)9-6-10-18(19)26(24-20)15-16-7-4-3-5-8-16/h3-10H,2,11-15H2,1H3,(H2,22,23,24,27). The van der Waals surface area contributed by atoms with Crippen LogP contribution in [0.5, 0.6) is 0 Å². The van der Waals surface area contributed by atoms with Crippen molar-refractivity contribution < 1.29 is 9.53 Å². The second-order valence-electron chi connectivity index (χ2n) is 6.75. The molecule has 0 aliphatic carbocycles. The molecule has 4 rings (SSSR count). The van der Waals surface area contributed by atoms with Crippen molar-refractivity contribution >= 4 is 28.4 Å². The Morgan fingerprint density at radius 1 is 1.11 bits per heavy atom. The number of nitrogens with one attached hydrogen (secondary N) is 2. The summed E-state index contributed by atoms with van der Waals surface area (Å²) in [7, 11) is 0. The van der Waals surface area contributed by atoms with E-state index in [9.17, 15) is 4.79 Å². The second-order valence-corrected chi connectivity index (χ2v) is 6.75. The van der Waals surface area contributed by atoms with Crippen LogP contribution in [0.15, 0.2) is 48.5 Å². The molecule has 2 N–H and O–H groups in total. The van der Waals surface area contributed by atoms with E-state index in [1.54, 1.807) is 0 Å². The number of amides is 2. The van der Waals surface area contributed by atoms with Crippen LogP contribution >= 0.6 is 0 Å². The maximum atomic E-state index is 12.2. The zero-order valence-corrected chi connectivity index (χ0v) is 16.0. The summed E-state index contributed by atoms with van der Waals surface area (Å²) in [5.74, 6) is 0.582. The Balaban J connectivity index is 1.78. The van der Waals surface area contributed by atoms with Gasteiger partial charge in [0.1, 0.15) is 0 Å². The maximum Gasteiger partial charge on any atom is 0.320 e. The highest BCUT2D eigenvalue weighted by Crippen LogP contribution is 2.33. The quantitative estimate of drug-likeness (QED) is 0.715. The molecule has 7 nitrogen and oxygen atoms in total. The number of rotatable bonds is 5. The van der Waals surface area contributed by atoms with E-state index in [0.717, 1.165) is 35.2 Å². The molecule has 1 saturated heterocycles. The molecule has 0 radical (unpaired) electrons. The number of carbonyl (C=O) groups excluding carboxylic acids is 1. The number of hydrogen-bond acceptors (Lipinski definition) is 4. The fourth-order valence-electron chi connectivity index (χ4n) is 3.56. The largest absolute Gasteiger partial charge is 0.378 e. The molecule has 1 aliphatic rings. The summed E-state index contributed by atoms with van der Waals surface area (Å²) in [5, 5.41) is 11.4. The molecular formula is C21H25N5O2. The smallest absolute Gasteiger partial charge is 0.320 e. The minimum Gasteiger partial charge on any atom is -0.378 e. The van der Waals surface area contributed by atoms with E-state index in [2.05, 4.69) is 39.8 Å². The number of ether oxygens (including phenoxy) is 1. The first kappa shape index (κ1) is 18.3. The molecule has 3 aromatic rings. The van der Waals surface area contributed by atoms with Crippen molar-refractivity contribution in [3.05, 3.63) is 54.1 Å². The van der Waals surface area contributed by atoms with Gasteiger partial charge < -0.3 is 15.0 Å². The Bertz CT molecular complexity index is 948. The topological polar surface area (TPSA) is 71.4 Å². The van der Waals surface area contributed by atoms with Gasteiger partial charge >= 0.3 is 6.03 Å². The van der Waals surface area contributed by atoms with Crippen molar-refractivity contribution in [2.75, 3.05) is 43.1 Å². The van der Waals surface area contributed by atoms with E-state index in [0.29, 0.717) is 32.1 Å². The minimum absolute atomic E-state index is 0.245. The van der Waals surface area contributed by atoms with Crippen LogP contribution in [-0.2, 0) is 11.3 Å². The maximum absolute atomic E-state index is 12.2. The lowest BCUT2D eigenvalue weighted by Gasteiger charge is -2.29. The first-order valence-corrected chi connectivity index (χ1v) is 9.67.